The van der Waals surface area contributed by atoms with Crippen molar-refractivity contribution in [1.29, 1.82) is 0 Å². The molecule has 0 aliphatic heterocycles. The van der Waals surface area contributed by atoms with Crippen molar-refractivity contribution in [2.24, 2.45) is 5.41 Å². The van der Waals surface area contributed by atoms with Gasteiger partial charge in [0.1, 0.15) is 16.2 Å². The van der Waals surface area contributed by atoms with Gasteiger partial charge in [-0.1, -0.05) is 19.9 Å². The standard InChI is InChI=1S/C21H17BrF2N4/c1-20(2)12-6-7-21(20,16-9-25-10-17(22)26-16)19-11(12)8-15(27-28-19)18-13(23)4-3-5-14(18)24/h3-5,8-10,12H,6-7H2,1-2H3/t12-,21-/m0/s1. The Bertz CT molecular complexity index is 1100. The summed E-state index contributed by atoms with van der Waals surface area (Å²) in [5.41, 5.74) is 2.23. The SMILES string of the molecule is CC1(C)[C@H]2CC[C@]1(c1cncc(Br)n1)c1nnc(-c3c(F)cccc3F)cc12. The van der Waals surface area contributed by atoms with Gasteiger partial charge in [0, 0.05) is 6.20 Å². The van der Waals surface area contributed by atoms with E-state index < -0.39 is 17.0 Å². The lowest BCUT2D eigenvalue weighted by Gasteiger charge is -2.37. The minimum atomic E-state index is -0.635. The van der Waals surface area contributed by atoms with Gasteiger partial charge < -0.3 is 0 Å². The molecule has 0 amide bonds. The van der Waals surface area contributed by atoms with Crippen LogP contribution in [0.3, 0.4) is 0 Å². The molecule has 5 rings (SSSR count). The first-order chi connectivity index (χ1) is 13.4. The molecular weight excluding hydrogens is 426 g/mol. The second kappa shape index (κ2) is 5.86. The lowest BCUT2D eigenvalue weighted by atomic mass is 9.66. The number of hydrogen-bond acceptors (Lipinski definition) is 4. The topological polar surface area (TPSA) is 51.6 Å². The van der Waals surface area contributed by atoms with Crippen LogP contribution in [0.1, 0.15) is 49.6 Å². The minimum Gasteiger partial charge on any atom is -0.260 e. The summed E-state index contributed by atoms with van der Waals surface area (Å²) in [5.74, 6) is -1.05. The Kier molecular flexibility index (Phi) is 3.72. The number of benzene rings is 1. The molecule has 0 radical (unpaired) electrons. The number of nitrogens with zero attached hydrogens (tertiary/aromatic N) is 4. The van der Waals surface area contributed by atoms with Crippen LogP contribution in [-0.2, 0) is 5.41 Å². The van der Waals surface area contributed by atoms with E-state index in [9.17, 15) is 8.78 Å². The summed E-state index contributed by atoms with van der Waals surface area (Å²) in [5, 5.41) is 8.74. The fourth-order valence-corrected chi connectivity index (χ4v) is 5.61. The van der Waals surface area contributed by atoms with Gasteiger partial charge in [0.15, 0.2) is 0 Å². The molecule has 1 aromatic carbocycles. The first-order valence-corrected chi connectivity index (χ1v) is 9.96. The van der Waals surface area contributed by atoms with Crippen molar-refractivity contribution in [1.82, 2.24) is 20.2 Å². The lowest BCUT2D eigenvalue weighted by Crippen LogP contribution is -2.38. The van der Waals surface area contributed by atoms with Gasteiger partial charge in [-0.05, 0) is 63.9 Å². The molecule has 2 bridgehead atoms. The molecule has 28 heavy (non-hydrogen) atoms. The third-order valence-electron chi connectivity index (χ3n) is 6.64. The Morgan fingerprint density at radius 2 is 1.86 bits per heavy atom. The van der Waals surface area contributed by atoms with Crippen molar-refractivity contribution in [2.75, 3.05) is 0 Å². The third-order valence-corrected chi connectivity index (χ3v) is 7.03. The second-order valence-corrected chi connectivity index (χ2v) is 8.89. The molecule has 2 aliphatic carbocycles. The third kappa shape index (κ3) is 2.14. The Labute approximate surface area is 169 Å². The molecule has 0 saturated heterocycles. The van der Waals surface area contributed by atoms with Crippen molar-refractivity contribution >= 4 is 15.9 Å². The van der Waals surface area contributed by atoms with Crippen LogP contribution in [0.5, 0.6) is 0 Å². The Morgan fingerprint density at radius 1 is 1.11 bits per heavy atom. The number of aromatic nitrogens is 4. The maximum absolute atomic E-state index is 14.3. The van der Waals surface area contributed by atoms with E-state index in [2.05, 4.69) is 45.0 Å². The van der Waals surface area contributed by atoms with Crippen molar-refractivity contribution in [3.63, 3.8) is 0 Å². The fourth-order valence-electron chi connectivity index (χ4n) is 5.30. The van der Waals surface area contributed by atoms with Crippen LogP contribution in [0.25, 0.3) is 11.3 Å². The highest BCUT2D eigenvalue weighted by molar-refractivity contribution is 9.10. The van der Waals surface area contributed by atoms with Crippen molar-refractivity contribution in [3.05, 3.63) is 69.8 Å². The highest BCUT2D eigenvalue weighted by Gasteiger charge is 2.65. The van der Waals surface area contributed by atoms with Crippen LogP contribution < -0.4 is 0 Å². The fraction of sp³-hybridized carbons (Fsp3) is 0.333. The molecule has 0 unspecified atom stereocenters. The average molecular weight is 443 g/mol. The zero-order chi connectivity index (χ0) is 19.7. The molecule has 1 fully saturated rings. The molecular formula is C21H17BrF2N4. The van der Waals surface area contributed by atoms with Crippen LogP contribution in [-0.4, -0.2) is 20.2 Å². The Balaban J connectivity index is 1.74. The maximum atomic E-state index is 14.3. The van der Waals surface area contributed by atoms with Gasteiger partial charge >= 0.3 is 0 Å². The van der Waals surface area contributed by atoms with E-state index in [4.69, 9.17) is 4.98 Å². The van der Waals surface area contributed by atoms with E-state index in [0.717, 1.165) is 29.8 Å². The van der Waals surface area contributed by atoms with Gasteiger partial charge in [0.25, 0.3) is 0 Å². The molecule has 4 nitrogen and oxygen atoms in total. The average Bonchev–Trinajstić information content (AvgIpc) is 3.03. The molecule has 0 N–H and O–H groups in total. The van der Waals surface area contributed by atoms with Crippen molar-refractivity contribution < 1.29 is 8.78 Å². The van der Waals surface area contributed by atoms with E-state index in [-0.39, 0.29) is 22.6 Å². The summed E-state index contributed by atoms with van der Waals surface area (Å²) in [6, 6.07) is 5.63. The van der Waals surface area contributed by atoms with Gasteiger partial charge in [-0.3, -0.25) is 4.98 Å². The van der Waals surface area contributed by atoms with Gasteiger partial charge in [0.2, 0.25) is 0 Å². The molecule has 142 valence electrons. The smallest absolute Gasteiger partial charge is 0.135 e. The molecule has 2 heterocycles. The van der Waals surface area contributed by atoms with E-state index in [1.54, 1.807) is 12.4 Å². The van der Waals surface area contributed by atoms with Crippen LogP contribution in [0.4, 0.5) is 8.78 Å². The van der Waals surface area contributed by atoms with E-state index in [1.165, 1.54) is 18.2 Å². The maximum Gasteiger partial charge on any atom is 0.135 e. The summed E-state index contributed by atoms with van der Waals surface area (Å²) in [4.78, 5) is 9.00. The van der Waals surface area contributed by atoms with Crippen LogP contribution in [0, 0.1) is 17.0 Å². The first kappa shape index (κ1) is 17.8. The summed E-state index contributed by atoms with van der Waals surface area (Å²) in [6.45, 7) is 4.41. The summed E-state index contributed by atoms with van der Waals surface area (Å²) < 4.78 is 29.2. The molecule has 0 spiro atoms. The first-order valence-electron chi connectivity index (χ1n) is 9.17. The molecule has 2 aromatic heterocycles. The number of hydrogen-bond donors (Lipinski definition) is 0. The monoisotopic (exact) mass is 442 g/mol. The van der Waals surface area contributed by atoms with Gasteiger partial charge in [0.05, 0.1) is 34.3 Å². The quantitative estimate of drug-likeness (QED) is 0.548. The Morgan fingerprint density at radius 3 is 2.57 bits per heavy atom. The zero-order valence-electron chi connectivity index (χ0n) is 15.4. The molecule has 1 saturated carbocycles. The van der Waals surface area contributed by atoms with Crippen LogP contribution >= 0.6 is 15.9 Å². The predicted octanol–water partition coefficient (Wildman–Crippen LogP) is 5.18. The number of fused-ring (bicyclic) bond motifs is 5. The van der Waals surface area contributed by atoms with Gasteiger partial charge in [-0.25, -0.2) is 13.8 Å². The normalized spacial score (nSPS) is 24.4. The van der Waals surface area contributed by atoms with E-state index in [0.29, 0.717) is 4.60 Å². The minimum absolute atomic E-state index is 0.130. The van der Waals surface area contributed by atoms with Gasteiger partial charge in [-0.2, -0.15) is 5.10 Å². The molecule has 3 aromatic rings. The van der Waals surface area contributed by atoms with E-state index in [1.807, 2.05) is 6.07 Å². The summed E-state index contributed by atoms with van der Waals surface area (Å²) in [7, 11) is 0. The molecule has 7 heteroatoms. The van der Waals surface area contributed by atoms with Crippen LogP contribution in [0.15, 0.2) is 41.3 Å². The highest BCUT2D eigenvalue weighted by atomic mass is 79.9. The zero-order valence-corrected chi connectivity index (χ0v) is 17.0. The number of rotatable bonds is 2. The van der Waals surface area contributed by atoms with Gasteiger partial charge in [-0.15, -0.1) is 5.10 Å². The van der Waals surface area contributed by atoms with Crippen molar-refractivity contribution in [3.8, 4) is 11.3 Å². The molecule has 2 atom stereocenters. The van der Waals surface area contributed by atoms with Crippen LogP contribution in [0.2, 0.25) is 0 Å². The summed E-state index contributed by atoms with van der Waals surface area (Å²) >= 11 is 3.42. The second-order valence-electron chi connectivity index (χ2n) is 8.08. The largest absolute Gasteiger partial charge is 0.260 e. The molecule has 2 aliphatic rings. The van der Waals surface area contributed by atoms with E-state index >= 15 is 0 Å². The van der Waals surface area contributed by atoms with Crippen molar-refractivity contribution in [2.45, 2.75) is 38.0 Å². The summed E-state index contributed by atoms with van der Waals surface area (Å²) in [6.07, 6.45) is 5.30. The lowest BCUT2D eigenvalue weighted by molar-refractivity contribution is 0.242. The number of halogens is 3. The Hall–Kier alpha value is -2.28. The predicted molar refractivity (Wildman–Crippen MR) is 104 cm³/mol. The highest BCUT2D eigenvalue weighted by Crippen LogP contribution is 2.69.